The van der Waals surface area contributed by atoms with E-state index in [1.165, 1.54) is 0 Å². The van der Waals surface area contributed by atoms with Gasteiger partial charge in [-0.15, -0.1) is 0 Å². The quantitative estimate of drug-likeness (QED) is 0.875. The van der Waals surface area contributed by atoms with E-state index in [4.69, 9.17) is 0 Å². The highest BCUT2D eigenvalue weighted by molar-refractivity contribution is 9.10. The molecule has 1 aromatic carbocycles. The van der Waals surface area contributed by atoms with Crippen LogP contribution in [0.3, 0.4) is 0 Å². The first-order valence-corrected chi connectivity index (χ1v) is 6.07. The van der Waals surface area contributed by atoms with Crippen molar-refractivity contribution in [3.05, 3.63) is 28.7 Å². The second-order valence-electron chi connectivity index (χ2n) is 3.68. The lowest BCUT2D eigenvalue weighted by Crippen LogP contribution is -2.45. The minimum Gasteiger partial charge on any atom is -0.371 e. The van der Waals surface area contributed by atoms with E-state index in [9.17, 15) is 0 Å². The summed E-state index contributed by atoms with van der Waals surface area (Å²) in [6.07, 6.45) is 0. The Kier molecular flexibility index (Phi) is 4.00. The first kappa shape index (κ1) is 10.9. The van der Waals surface area contributed by atoms with Crippen molar-refractivity contribution >= 4 is 21.6 Å². The Labute approximate surface area is 99.0 Å². The van der Waals surface area contributed by atoms with E-state index in [2.05, 4.69) is 43.6 Å². The van der Waals surface area contributed by atoms with Gasteiger partial charge in [0.1, 0.15) is 0 Å². The molecule has 0 aromatic heterocycles. The van der Waals surface area contributed by atoms with E-state index in [0.29, 0.717) is 0 Å². The van der Waals surface area contributed by atoms with Crippen LogP contribution in [0.5, 0.6) is 0 Å². The van der Waals surface area contributed by atoms with Gasteiger partial charge in [0.25, 0.3) is 0 Å². The monoisotopic (exact) mass is 269 g/mol. The van der Waals surface area contributed by atoms with Crippen LogP contribution in [0.4, 0.5) is 5.69 Å². The first-order valence-electron chi connectivity index (χ1n) is 5.28. The predicted octanol–water partition coefficient (Wildman–Crippen LogP) is 1.72. The van der Waals surface area contributed by atoms with Gasteiger partial charge < -0.3 is 10.6 Å². The highest BCUT2D eigenvalue weighted by atomic mass is 79.9. The van der Waals surface area contributed by atoms with Gasteiger partial charge in [-0.25, -0.2) is 0 Å². The van der Waals surface area contributed by atoms with Crippen molar-refractivity contribution in [1.29, 1.82) is 0 Å². The molecule has 15 heavy (non-hydrogen) atoms. The fourth-order valence-electron chi connectivity index (χ4n) is 1.67. The van der Waals surface area contributed by atoms with Gasteiger partial charge in [0, 0.05) is 36.3 Å². The maximum atomic E-state index is 3.53. The van der Waals surface area contributed by atoms with Crippen LogP contribution in [0, 0.1) is 0 Å². The third-order valence-corrected chi connectivity index (χ3v) is 3.27. The Morgan fingerprint density at radius 3 is 2.73 bits per heavy atom. The molecule has 0 radical (unpaired) electrons. The van der Waals surface area contributed by atoms with Gasteiger partial charge in [-0.2, -0.15) is 0 Å². The van der Waals surface area contributed by atoms with Crippen molar-refractivity contribution in [1.82, 2.24) is 10.2 Å². The number of hydrogen-bond donors (Lipinski definition) is 2. The lowest BCUT2D eigenvalue weighted by molar-refractivity contribution is 0.256. The van der Waals surface area contributed by atoms with E-state index in [-0.39, 0.29) is 0 Å². The second-order valence-corrected chi connectivity index (χ2v) is 4.54. The Hall–Kier alpha value is -0.580. The molecule has 1 aliphatic rings. The second kappa shape index (κ2) is 5.49. The Morgan fingerprint density at radius 2 is 2.00 bits per heavy atom. The number of halogens is 1. The molecule has 0 bridgehead atoms. The van der Waals surface area contributed by atoms with Gasteiger partial charge >= 0.3 is 0 Å². The zero-order chi connectivity index (χ0) is 10.5. The predicted molar refractivity (Wildman–Crippen MR) is 67.1 cm³/mol. The average Bonchev–Trinajstić information content (AvgIpc) is 2.29. The van der Waals surface area contributed by atoms with Gasteiger partial charge in [0.2, 0.25) is 0 Å². The van der Waals surface area contributed by atoms with Gasteiger partial charge in [-0.3, -0.25) is 4.90 Å². The molecular weight excluding hydrogens is 254 g/mol. The summed E-state index contributed by atoms with van der Waals surface area (Å²) in [7, 11) is 0. The molecule has 0 spiro atoms. The molecule has 1 fully saturated rings. The van der Waals surface area contributed by atoms with Gasteiger partial charge in [-0.05, 0) is 28.1 Å². The van der Waals surface area contributed by atoms with Crippen LogP contribution in [0.25, 0.3) is 0 Å². The van der Waals surface area contributed by atoms with Crippen LogP contribution >= 0.6 is 15.9 Å². The first-order chi connectivity index (χ1) is 7.36. The molecule has 1 saturated heterocycles. The maximum absolute atomic E-state index is 3.53. The van der Waals surface area contributed by atoms with Crippen molar-refractivity contribution in [3.63, 3.8) is 0 Å². The number of nitrogens with one attached hydrogen (secondary N) is 2. The minimum atomic E-state index is 0.921. The topological polar surface area (TPSA) is 27.3 Å². The van der Waals surface area contributed by atoms with Gasteiger partial charge in [0.05, 0.1) is 6.67 Å². The third kappa shape index (κ3) is 3.19. The summed E-state index contributed by atoms with van der Waals surface area (Å²) in [6.45, 7) is 5.36. The van der Waals surface area contributed by atoms with E-state index < -0.39 is 0 Å². The molecule has 4 heteroatoms. The van der Waals surface area contributed by atoms with Crippen molar-refractivity contribution in [3.8, 4) is 0 Å². The molecule has 0 amide bonds. The van der Waals surface area contributed by atoms with Crippen molar-refractivity contribution in [2.24, 2.45) is 0 Å². The smallest absolute Gasteiger partial charge is 0.0679 e. The van der Waals surface area contributed by atoms with Crippen LogP contribution in [0.1, 0.15) is 0 Å². The number of para-hydroxylation sites is 1. The minimum absolute atomic E-state index is 0.921. The van der Waals surface area contributed by atoms with Crippen molar-refractivity contribution in [2.75, 3.05) is 38.2 Å². The number of anilines is 1. The lowest BCUT2D eigenvalue weighted by atomic mass is 10.3. The van der Waals surface area contributed by atoms with Crippen LogP contribution in [-0.4, -0.2) is 37.7 Å². The van der Waals surface area contributed by atoms with E-state index in [0.717, 1.165) is 43.0 Å². The van der Waals surface area contributed by atoms with Crippen LogP contribution in [0.15, 0.2) is 28.7 Å². The van der Waals surface area contributed by atoms with Crippen molar-refractivity contribution < 1.29 is 0 Å². The molecule has 1 aromatic rings. The molecule has 82 valence electrons. The average molecular weight is 270 g/mol. The van der Waals surface area contributed by atoms with Gasteiger partial charge in [0.15, 0.2) is 0 Å². The summed E-state index contributed by atoms with van der Waals surface area (Å²) in [6, 6.07) is 8.22. The summed E-state index contributed by atoms with van der Waals surface area (Å²) < 4.78 is 1.13. The molecule has 1 aliphatic heterocycles. The lowest BCUT2D eigenvalue weighted by Gasteiger charge is -2.27. The van der Waals surface area contributed by atoms with E-state index in [1.54, 1.807) is 0 Å². The summed E-state index contributed by atoms with van der Waals surface area (Å²) in [5, 5.41) is 6.78. The summed E-state index contributed by atoms with van der Waals surface area (Å²) in [5.74, 6) is 0. The molecule has 0 aliphatic carbocycles. The largest absolute Gasteiger partial charge is 0.371 e. The van der Waals surface area contributed by atoms with Crippen LogP contribution in [0.2, 0.25) is 0 Å². The third-order valence-electron chi connectivity index (χ3n) is 2.58. The highest BCUT2D eigenvalue weighted by Crippen LogP contribution is 2.20. The molecular formula is C11H16BrN3. The van der Waals surface area contributed by atoms with Crippen LogP contribution in [-0.2, 0) is 0 Å². The Morgan fingerprint density at radius 1 is 1.27 bits per heavy atom. The van der Waals surface area contributed by atoms with Crippen molar-refractivity contribution in [2.45, 2.75) is 0 Å². The molecule has 3 nitrogen and oxygen atoms in total. The maximum Gasteiger partial charge on any atom is 0.0679 e. The van der Waals surface area contributed by atoms with Crippen LogP contribution < -0.4 is 10.6 Å². The van der Waals surface area contributed by atoms with E-state index >= 15 is 0 Å². The number of piperazine rings is 1. The van der Waals surface area contributed by atoms with Gasteiger partial charge in [-0.1, -0.05) is 12.1 Å². The number of nitrogens with zero attached hydrogens (tertiary/aromatic N) is 1. The fourth-order valence-corrected chi connectivity index (χ4v) is 2.10. The standard InChI is InChI=1S/C11H16BrN3/c12-10-3-1-2-4-11(10)14-9-15-7-5-13-6-8-15/h1-4,13-14H,5-9H2. The Balaban J connectivity index is 1.84. The highest BCUT2D eigenvalue weighted by Gasteiger charge is 2.08. The summed E-state index contributed by atoms with van der Waals surface area (Å²) in [4.78, 5) is 2.41. The molecule has 0 unspecified atom stereocenters. The molecule has 1 heterocycles. The normalized spacial score (nSPS) is 17.7. The number of benzene rings is 1. The molecule has 2 N–H and O–H groups in total. The fraction of sp³-hybridized carbons (Fsp3) is 0.455. The summed E-state index contributed by atoms with van der Waals surface area (Å²) >= 11 is 3.53. The molecule has 0 saturated carbocycles. The number of hydrogen-bond acceptors (Lipinski definition) is 3. The zero-order valence-electron chi connectivity index (χ0n) is 8.67. The Bertz CT molecular complexity index is 310. The molecule has 0 atom stereocenters. The van der Waals surface area contributed by atoms with E-state index in [1.807, 2.05) is 12.1 Å². The summed E-state index contributed by atoms with van der Waals surface area (Å²) in [5.41, 5.74) is 1.16. The SMILES string of the molecule is Brc1ccccc1NCN1CCNCC1. The molecule has 2 rings (SSSR count). The zero-order valence-corrected chi connectivity index (χ0v) is 10.3. The number of rotatable bonds is 3.